The summed E-state index contributed by atoms with van der Waals surface area (Å²) < 4.78 is 31.2. The lowest BCUT2D eigenvalue weighted by Gasteiger charge is -2.18. The second kappa shape index (κ2) is 5.77. The van der Waals surface area contributed by atoms with Crippen molar-refractivity contribution in [1.82, 2.24) is 0 Å². The normalized spacial score (nSPS) is 12.0. The van der Waals surface area contributed by atoms with Gasteiger partial charge in [0.1, 0.15) is 23.1 Å². The molecule has 0 amide bonds. The monoisotopic (exact) mass is 279 g/mol. The van der Waals surface area contributed by atoms with E-state index in [1.807, 2.05) is 0 Å². The predicted molar refractivity (Wildman–Crippen MR) is 73.1 cm³/mol. The maximum absolute atomic E-state index is 13.1. The molecule has 0 aliphatic carbocycles. The Labute approximate surface area is 115 Å². The van der Waals surface area contributed by atoms with Gasteiger partial charge in [0.05, 0.1) is 18.8 Å². The summed E-state index contributed by atoms with van der Waals surface area (Å²) in [5.41, 5.74) is 1.13. The first-order valence-electron chi connectivity index (χ1n) is 6.09. The van der Waals surface area contributed by atoms with E-state index in [-0.39, 0.29) is 11.8 Å². The Kier molecular flexibility index (Phi) is 4.08. The minimum absolute atomic E-state index is 0.133. The molecule has 0 saturated heterocycles. The number of ether oxygens (including phenoxy) is 1. The number of anilines is 1. The summed E-state index contributed by atoms with van der Waals surface area (Å²) in [5, 5.41) is 12.8. The molecular weight excluding hydrogens is 264 g/mol. The molecule has 5 heteroatoms. The second-order valence-corrected chi connectivity index (χ2v) is 4.41. The summed E-state index contributed by atoms with van der Waals surface area (Å²) in [5.74, 6) is -0.674. The number of nitrogens with one attached hydrogen (secondary N) is 1. The van der Waals surface area contributed by atoms with E-state index in [1.165, 1.54) is 31.4 Å². The molecule has 1 atom stereocenters. The van der Waals surface area contributed by atoms with E-state index in [4.69, 9.17) is 4.74 Å². The maximum Gasteiger partial charge on any atom is 0.144 e. The van der Waals surface area contributed by atoms with Crippen LogP contribution in [0.4, 0.5) is 14.5 Å². The van der Waals surface area contributed by atoms with Crippen molar-refractivity contribution in [1.29, 1.82) is 0 Å². The summed E-state index contributed by atoms with van der Waals surface area (Å²) in [6, 6.07) is 7.64. The molecule has 2 rings (SSSR count). The average molecular weight is 279 g/mol. The highest BCUT2D eigenvalue weighted by atomic mass is 19.1. The van der Waals surface area contributed by atoms with E-state index in [1.54, 1.807) is 13.0 Å². The van der Waals surface area contributed by atoms with Gasteiger partial charge in [0, 0.05) is 17.7 Å². The SMILES string of the molecule is COc1cc(F)ccc1NC(C)c1ccc(F)cc1O. The van der Waals surface area contributed by atoms with Crippen molar-refractivity contribution >= 4 is 5.69 Å². The van der Waals surface area contributed by atoms with Crippen LogP contribution in [0.2, 0.25) is 0 Å². The zero-order valence-corrected chi connectivity index (χ0v) is 11.2. The number of halogens is 2. The minimum atomic E-state index is -0.502. The third-order valence-electron chi connectivity index (χ3n) is 2.99. The molecule has 0 bridgehead atoms. The van der Waals surface area contributed by atoms with Gasteiger partial charge in [-0.1, -0.05) is 6.07 Å². The van der Waals surface area contributed by atoms with Gasteiger partial charge in [0.25, 0.3) is 0 Å². The third-order valence-corrected chi connectivity index (χ3v) is 2.99. The van der Waals surface area contributed by atoms with Gasteiger partial charge in [-0.25, -0.2) is 8.78 Å². The number of phenols is 1. The molecule has 3 nitrogen and oxygen atoms in total. The summed E-state index contributed by atoms with van der Waals surface area (Å²) in [6.45, 7) is 1.80. The highest BCUT2D eigenvalue weighted by Crippen LogP contribution is 2.31. The molecule has 2 aromatic rings. The van der Waals surface area contributed by atoms with Crippen molar-refractivity contribution < 1.29 is 18.6 Å². The molecule has 0 spiro atoms. The largest absolute Gasteiger partial charge is 0.507 e. The van der Waals surface area contributed by atoms with Crippen LogP contribution in [0, 0.1) is 11.6 Å². The van der Waals surface area contributed by atoms with Crippen LogP contribution < -0.4 is 10.1 Å². The van der Waals surface area contributed by atoms with Crippen LogP contribution >= 0.6 is 0 Å². The number of aromatic hydroxyl groups is 1. The molecular formula is C15H15F2NO2. The van der Waals surface area contributed by atoms with Gasteiger partial charge in [-0.15, -0.1) is 0 Å². The van der Waals surface area contributed by atoms with Gasteiger partial charge in [-0.05, 0) is 25.1 Å². The van der Waals surface area contributed by atoms with Crippen LogP contribution in [0.15, 0.2) is 36.4 Å². The first-order chi connectivity index (χ1) is 9.51. The van der Waals surface area contributed by atoms with Crippen LogP contribution in [0.1, 0.15) is 18.5 Å². The molecule has 2 N–H and O–H groups in total. The Morgan fingerprint density at radius 1 is 1.10 bits per heavy atom. The fourth-order valence-electron chi connectivity index (χ4n) is 1.98. The second-order valence-electron chi connectivity index (χ2n) is 4.41. The van der Waals surface area contributed by atoms with Gasteiger partial charge in [-0.3, -0.25) is 0 Å². The van der Waals surface area contributed by atoms with Crippen molar-refractivity contribution in [3.8, 4) is 11.5 Å². The smallest absolute Gasteiger partial charge is 0.144 e. The van der Waals surface area contributed by atoms with Gasteiger partial charge in [0.15, 0.2) is 0 Å². The van der Waals surface area contributed by atoms with E-state index < -0.39 is 11.6 Å². The molecule has 0 aromatic heterocycles. The van der Waals surface area contributed by atoms with E-state index in [0.717, 1.165) is 6.07 Å². The van der Waals surface area contributed by atoms with Crippen molar-refractivity contribution in [3.05, 3.63) is 53.6 Å². The quantitative estimate of drug-likeness (QED) is 0.893. The van der Waals surface area contributed by atoms with Gasteiger partial charge in [-0.2, -0.15) is 0 Å². The topological polar surface area (TPSA) is 41.5 Å². The van der Waals surface area contributed by atoms with Crippen molar-refractivity contribution in [2.24, 2.45) is 0 Å². The molecule has 0 saturated carbocycles. The van der Waals surface area contributed by atoms with Crippen LogP contribution in [-0.4, -0.2) is 12.2 Å². The van der Waals surface area contributed by atoms with Crippen LogP contribution in [0.25, 0.3) is 0 Å². The molecule has 0 aliphatic heterocycles. The zero-order valence-electron chi connectivity index (χ0n) is 11.2. The van der Waals surface area contributed by atoms with Gasteiger partial charge < -0.3 is 15.2 Å². The molecule has 106 valence electrons. The highest BCUT2D eigenvalue weighted by molar-refractivity contribution is 5.58. The van der Waals surface area contributed by atoms with Crippen molar-refractivity contribution in [2.45, 2.75) is 13.0 Å². The van der Waals surface area contributed by atoms with Crippen molar-refractivity contribution in [3.63, 3.8) is 0 Å². The molecule has 0 aliphatic rings. The fraction of sp³-hybridized carbons (Fsp3) is 0.200. The molecule has 0 heterocycles. The number of methoxy groups -OCH3 is 1. The average Bonchev–Trinajstić information content (AvgIpc) is 2.40. The molecule has 0 radical (unpaired) electrons. The summed E-state index contributed by atoms with van der Waals surface area (Å²) in [4.78, 5) is 0. The zero-order chi connectivity index (χ0) is 14.7. The lowest BCUT2D eigenvalue weighted by molar-refractivity contribution is 0.412. The van der Waals surface area contributed by atoms with Gasteiger partial charge in [0.2, 0.25) is 0 Å². The predicted octanol–water partition coefficient (Wildman–Crippen LogP) is 3.85. The maximum atomic E-state index is 13.1. The molecule has 0 fully saturated rings. The van der Waals surface area contributed by atoms with E-state index in [2.05, 4.69) is 5.32 Å². The lowest BCUT2D eigenvalue weighted by atomic mass is 10.1. The number of rotatable bonds is 4. The lowest BCUT2D eigenvalue weighted by Crippen LogP contribution is -2.08. The Bertz CT molecular complexity index is 617. The Morgan fingerprint density at radius 3 is 2.40 bits per heavy atom. The summed E-state index contributed by atoms with van der Waals surface area (Å²) in [6.07, 6.45) is 0. The standard InChI is InChI=1S/C15H15F2NO2/c1-9(12-5-3-10(16)7-14(12)19)18-13-6-4-11(17)8-15(13)20-2/h3-9,18-19H,1-2H3. The van der Waals surface area contributed by atoms with E-state index >= 15 is 0 Å². The van der Waals surface area contributed by atoms with Crippen LogP contribution in [-0.2, 0) is 0 Å². The van der Waals surface area contributed by atoms with E-state index in [0.29, 0.717) is 17.0 Å². The molecule has 1 unspecified atom stereocenters. The van der Waals surface area contributed by atoms with Gasteiger partial charge >= 0.3 is 0 Å². The minimum Gasteiger partial charge on any atom is -0.507 e. The molecule has 20 heavy (non-hydrogen) atoms. The first-order valence-corrected chi connectivity index (χ1v) is 6.09. The first kappa shape index (κ1) is 14.1. The Morgan fingerprint density at radius 2 is 1.75 bits per heavy atom. The number of hydrogen-bond acceptors (Lipinski definition) is 3. The van der Waals surface area contributed by atoms with Crippen LogP contribution in [0.3, 0.4) is 0 Å². The number of benzene rings is 2. The number of hydrogen-bond donors (Lipinski definition) is 2. The molecule has 2 aromatic carbocycles. The Balaban J connectivity index is 2.25. The fourth-order valence-corrected chi connectivity index (χ4v) is 1.98. The third kappa shape index (κ3) is 2.99. The van der Waals surface area contributed by atoms with Crippen LogP contribution in [0.5, 0.6) is 11.5 Å². The Hall–Kier alpha value is -2.30. The summed E-state index contributed by atoms with van der Waals surface area (Å²) >= 11 is 0. The number of phenolic OH excluding ortho intramolecular Hbond substituents is 1. The van der Waals surface area contributed by atoms with Crippen molar-refractivity contribution in [2.75, 3.05) is 12.4 Å². The van der Waals surface area contributed by atoms with E-state index in [9.17, 15) is 13.9 Å². The summed E-state index contributed by atoms with van der Waals surface area (Å²) in [7, 11) is 1.44. The highest BCUT2D eigenvalue weighted by Gasteiger charge is 2.13.